The second kappa shape index (κ2) is 7.14. The van der Waals surface area contributed by atoms with Gasteiger partial charge < -0.3 is 29.7 Å². The maximum Gasteiger partial charge on any atom is 1.00 e. The maximum atomic E-state index is 4.97. The Morgan fingerprint density at radius 1 is 1.64 bits per heavy atom. The molecule has 1 aliphatic heterocycles. The van der Waals surface area contributed by atoms with Crippen molar-refractivity contribution >= 4 is 29.2 Å². The third kappa shape index (κ3) is 4.13. The van der Waals surface area contributed by atoms with Gasteiger partial charge in [0.1, 0.15) is 0 Å². The minimum absolute atomic E-state index is 0. The van der Waals surface area contributed by atoms with E-state index in [4.69, 9.17) is 24.8 Å². The van der Waals surface area contributed by atoms with E-state index in [0.29, 0.717) is 10.4 Å². The molecule has 0 amide bonds. The fourth-order valence-electron chi connectivity index (χ4n) is 1.60. The summed E-state index contributed by atoms with van der Waals surface area (Å²) in [6.07, 6.45) is 1.94. The van der Waals surface area contributed by atoms with Crippen LogP contribution in [0.4, 0.5) is 0 Å². The van der Waals surface area contributed by atoms with E-state index < -0.39 is 0 Å². The van der Waals surface area contributed by atoms with Gasteiger partial charge in [-0.2, -0.15) is 0 Å². The Bertz CT molecular complexity index is 211. The molecule has 1 saturated heterocycles. The predicted octanol–water partition coefficient (Wildman–Crippen LogP) is -1.99. The van der Waals surface area contributed by atoms with E-state index in [9.17, 15) is 0 Å². The molecule has 1 atom stereocenters. The first-order valence-corrected chi connectivity index (χ1v) is 5.27. The molecule has 0 aromatic rings. The van der Waals surface area contributed by atoms with Crippen molar-refractivity contribution in [3.8, 4) is 0 Å². The Kier molecular flexibility index (Phi) is 7.56. The molecule has 1 fully saturated rings. The SMILES string of the molecule is C=CCN1CCN(C(=S)[S-])CC1C.[Na+]. The summed E-state index contributed by atoms with van der Waals surface area (Å²) < 4.78 is 0.602. The minimum atomic E-state index is 0. The van der Waals surface area contributed by atoms with Crippen molar-refractivity contribution in [2.24, 2.45) is 0 Å². The zero-order valence-electron chi connectivity index (χ0n) is 8.90. The van der Waals surface area contributed by atoms with Gasteiger partial charge >= 0.3 is 29.6 Å². The molecule has 0 aromatic heterocycles. The molecule has 1 aliphatic rings. The van der Waals surface area contributed by atoms with Crippen molar-refractivity contribution in [3.63, 3.8) is 0 Å². The van der Waals surface area contributed by atoms with E-state index in [1.54, 1.807) is 0 Å². The average molecular weight is 238 g/mol. The maximum absolute atomic E-state index is 4.97. The van der Waals surface area contributed by atoms with Gasteiger partial charge in [0, 0.05) is 32.2 Å². The van der Waals surface area contributed by atoms with Gasteiger partial charge in [0.05, 0.1) is 0 Å². The average Bonchev–Trinajstić information content (AvgIpc) is 2.08. The normalized spacial score (nSPS) is 22.6. The molecular weight excluding hydrogens is 223 g/mol. The van der Waals surface area contributed by atoms with Gasteiger partial charge in [-0.15, -0.1) is 6.58 Å². The summed E-state index contributed by atoms with van der Waals surface area (Å²) in [5.41, 5.74) is 0. The van der Waals surface area contributed by atoms with Gasteiger partial charge in [0.15, 0.2) is 0 Å². The largest absolute Gasteiger partial charge is 1.00 e. The van der Waals surface area contributed by atoms with Gasteiger partial charge in [-0.25, -0.2) is 0 Å². The van der Waals surface area contributed by atoms with Crippen LogP contribution in [0.3, 0.4) is 0 Å². The number of piperazine rings is 1. The van der Waals surface area contributed by atoms with Crippen LogP contribution in [0, 0.1) is 0 Å². The number of hydrogen-bond donors (Lipinski definition) is 0. The van der Waals surface area contributed by atoms with E-state index in [1.807, 2.05) is 6.08 Å². The predicted molar refractivity (Wildman–Crippen MR) is 62.8 cm³/mol. The molecule has 0 saturated carbocycles. The first kappa shape index (κ1) is 14.8. The van der Waals surface area contributed by atoms with E-state index in [2.05, 4.69) is 23.3 Å². The summed E-state index contributed by atoms with van der Waals surface area (Å²) in [5.74, 6) is 0. The molecule has 0 spiro atoms. The molecule has 2 nitrogen and oxygen atoms in total. The third-order valence-corrected chi connectivity index (χ3v) is 2.90. The van der Waals surface area contributed by atoms with Gasteiger partial charge in [-0.3, -0.25) is 4.90 Å². The molecule has 1 heterocycles. The Morgan fingerprint density at radius 3 is 2.71 bits per heavy atom. The van der Waals surface area contributed by atoms with Crippen LogP contribution in [-0.4, -0.2) is 46.3 Å². The topological polar surface area (TPSA) is 6.48 Å². The summed E-state index contributed by atoms with van der Waals surface area (Å²) >= 11 is 9.95. The van der Waals surface area contributed by atoms with Crippen LogP contribution in [0.1, 0.15) is 6.92 Å². The Labute approximate surface area is 119 Å². The second-order valence-electron chi connectivity index (χ2n) is 3.34. The van der Waals surface area contributed by atoms with Crippen molar-refractivity contribution in [1.82, 2.24) is 9.80 Å². The Balaban J connectivity index is 0.00000169. The van der Waals surface area contributed by atoms with Gasteiger partial charge in [-0.1, -0.05) is 10.4 Å². The van der Waals surface area contributed by atoms with Crippen LogP contribution >= 0.6 is 12.2 Å². The zero-order chi connectivity index (χ0) is 9.84. The van der Waals surface area contributed by atoms with Crippen LogP contribution in [-0.2, 0) is 12.6 Å². The van der Waals surface area contributed by atoms with Crippen LogP contribution in [0.2, 0.25) is 0 Å². The first-order chi connectivity index (χ1) is 6.15. The fourth-order valence-corrected chi connectivity index (χ4v) is 1.93. The summed E-state index contributed by atoms with van der Waals surface area (Å²) in [4.78, 5) is 4.48. The van der Waals surface area contributed by atoms with Crippen molar-refractivity contribution in [1.29, 1.82) is 0 Å². The monoisotopic (exact) mass is 238 g/mol. The molecular formula is C9H15N2NaS2. The molecule has 1 unspecified atom stereocenters. The standard InChI is InChI=1S/C9H16N2S2.Na/c1-3-4-10-5-6-11(9(12)13)7-8(10)2;/h3,8H,1,4-7H2,2H3,(H,12,13);/q;+1/p-1. The number of hydrogen-bond acceptors (Lipinski definition) is 3. The summed E-state index contributed by atoms with van der Waals surface area (Å²) in [6, 6.07) is 0.521. The van der Waals surface area contributed by atoms with Crippen molar-refractivity contribution in [2.75, 3.05) is 26.2 Å². The molecule has 0 bridgehead atoms. The van der Waals surface area contributed by atoms with Gasteiger partial charge in [-0.05, 0) is 6.92 Å². The molecule has 1 rings (SSSR count). The minimum Gasteiger partial charge on any atom is -0.411 e. The molecule has 0 aliphatic carbocycles. The van der Waals surface area contributed by atoms with E-state index in [1.165, 1.54) is 0 Å². The Morgan fingerprint density at radius 2 is 2.29 bits per heavy atom. The molecule has 5 heteroatoms. The van der Waals surface area contributed by atoms with Crippen LogP contribution in [0.25, 0.3) is 0 Å². The molecule has 14 heavy (non-hydrogen) atoms. The smallest absolute Gasteiger partial charge is 0.411 e. The second-order valence-corrected chi connectivity index (χ2v) is 4.38. The van der Waals surface area contributed by atoms with Crippen molar-refractivity contribution in [3.05, 3.63) is 12.7 Å². The van der Waals surface area contributed by atoms with Crippen LogP contribution in [0.15, 0.2) is 12.7 Å². The quantitative estimate of drug-likeness (QED) is 0.238. The molecule has 0 N–H and O–H groups in total. The number of nitrogens with zero attached hydrogens (tertiary/aromatic N) is 2. The van der Waals surface area contributed by atoms with E-state index in [-0.39, 0.29) is 29.6 Å². The number of rotatable bonds is 2. The fraction of sp³-hybridized carbons (Fsp3) is 0.667. The molecule has 74 valence electrons. The first-order valence-electron chi connectivity index (χ1n) is 4.46. The van der Waals surface area contributed by atoms with Crippen LogP contribution < -0.4 is 29.6 Å². The molecule has 0 radical (unpaired) electrons. The summed E-state index contributed by atoms with van der Waals surface area (Å²) in [5, 5.41) is 0. The van der Waals surface area contributed by atoms with Crippen molar-refractivity contribution < 1.29 is 29.6 Å². The third-order valence-electron chi connectivity index (χ3n) is 2.39. The van der Waals surface area contributed by atoms with Gasteiger partial charge in [0.25, 0.3) is 0 Å². The van der Waals surface area contributed by atoms with Crippen molar-refractivity contribution in [2.45, 2.75) is 13.0 Å². The van der Waals surface area contributed by atoms with E-state index >= 15 is 0 Å². The zero-order valence-corrected chi connectivity index (χ0v) is 12.5. The Hall–Kier alpha value is 0.810. The van der Waals surface area contributed by atoms with E-state index in [0.717, 1.165) is 26.2 Å². The summed E-state index contributed by atoms with van der Waals surface area (Å²) in [7, 11) is 0. The van der Waals surface area contributed by atoms with Gasteiger partial charge in [0.2, 0.25) is 0 Å². The summed E-state index contributed by atoms with van der Waals surface area (Å²) in [6.45, 7) is 9.84. The molecule has 0 aromatic carbocycles. The van der Waals surface area contributed by atoms with Crippen LogP contribution in [0.5, 0.6) is 0 Å². The number of thiocarbonyl (C=S) groups is 1.